The minimum Gasteiger partial charge on any atom is -0.297 e. The molecule has 0 aromatic carbocycles. The Bertz CT molecular complexity index is 448. The summed E-state index contributed by atoms with van der Waals surface area (Å²) in [5, 5.41) is 4.29. The monoisotopic (exact) mass is 339 g/mol. The molecule has 108 valence electrons. The van der Waals surface area contributed by atoms with E-state index < -0.39 is 12.1 Å². The molecule has 2 rings (SSSR count). The van der Waals surface area contributed by atoms with Crippen LogP contribution in [0.25, 0.3) is 0 Å². The minimum atomic E-state index is -4.05. The fourth-order valence-corrected chi connectivity index (χ4v) is 2.94. The standard InChI is InChI=1S/C12H17BrF3N3/c1-8-11(13)10(18(2)17-8)7-19-5-3-9(4-6-19)12(14,15)16/h9H,3-7H2,1-2H3. The van der Waals surface area contributed by atoms with Crippen LogP contribution in [0, 0.1) is 12.8 Å². The van der Waals surface area contributed by atoms with Gasteiger partial charge in [-0.2, -0.15) is 18.3 Å². The van der Waals surface area contributed by atoms with Crippen molar-refractivity contribution in [3.8, 4) is 0 Å². The number of aromatic nitrogens is 2. The number of likely N-dealkylation sites (tertiary alicyclic amines) is 1. The van der Waals surface area contributed by atoms with E-state index in [1.165, 1.54) is 0 Å². The lowest BCUT2D eigenvalue weighted by atomic mass is 9.96. The van der Waals surface area contributed by atoms with Crippen LogP contribution in [0.1, 0.15) is 24.2 Å². The fraction of sp³-hybridized carbons (Fsp3) is 0.750. The molecule has 0 saturated carbocycles. The van der Waals surface area contributed by atoms with Crippen molar-refractivity contribution in [1.29, 1.82) is 0 Å². The summed E-state index contributed by atoms with van der Waals surface area (Å²) in [6.07, 6.45) is -3.66. The summed E-state index contributed by atoms with van der Waals surface area (Å²) in [6.45, 7) is 3.52. The molecule has 0 amide bonds. The van der Waals surface area contributed by atoms with Crippen molar-refractivity contribution in [1.82, 2.24) is 14.7 Å². The summed E-state index contributed by atoms with van der Waals surface area (Å²) in [5.41, 5.74) is 1.92. The van der Waals surface area contributed by atoms with Crippen LogP contribution >= 0.6 is 15.9 Å². The summed E-state index contributed by atoms with van der Waals surface area (Å²) < 4.78 is 40.5. The molecule has 1 aliphatic heterocycles. The van der Waals surface area contributed by atoms with Crippen LogP contribution in [-0.2, 0) is 13.6 Å². The van der Waals surface area contributed by atoms with Crippen LogP contribution in [0.5, 0.6) is 0 Å². The molecule has 3 nitrogen and oxygen atoms in total. The molecule has 0 atom stereocenters. The maximum Gasteiger partial charge on any atom is 0.391 e. The van der Waals surface area contributed by atoms with E-state index >= 15 is 0 Å². The number of halogens is 4. The van der Waals surface area contributed by atoms with E-state index in [4.69, 9.17) is 0 Å². The highest BCUT2D eigenvalue weighted by Gasteiger charge is 2.41. The largest absolute Gasteiger partial charge is 0.391 e. The molecule has 0 aliphatic carbocycles. The van der Waals surface area contributed by atoms with Crippen molar-refractivity contribution in [3.05, 3.63) is 15.9 Å². The van der Waals surface area contributed by atoms with E-state index in [0.717, 1.165) is 15.9 Å². The Labute approximate surface area is 118 Å². The van der Waals surface area contributed by atoms with Gasteiger partial charge in [-0.3, -0.25) is 9.58 Å². The summed E-state index contributed by atoms with van der Waals surface area (Å²) in [5.74, 6) is -1.14. The zero-order valence-electron chi connectivity index (χ0n) is 11.0. The third kappa shape index (κ3) is 3.31. The Balaban J connectivity index is 1.96. The molecule has 1 aromatic heterocycles. The maximum absolute atomic E-state index is 12.6. The number of rotatable bonds is 2. The molecule has 0 unspecified atom stereocenters. The van der Waals surface area contributed by atoms with Gasteiger partial charge in [0.15, 0.2) is 0 Å². The summed E-state index contributed by atoms with van der Waals surface area (Å²) in [4.78, 5) is 2.06. The van der Waals surface area contributed by atoms with Gasteiger partial charge in [-0.05, 0) is 48.8 Å². The molecular formula is C12H17BrF3N3. The number of hydrogen-bond donors (Lipinski definition) is 0. The van der Waals surface area contributed by atoms with Gasteiger partial charge in [-0.1, -0.05) is 0 Å². The maximum atomic E-state index is 12.6. The molecule has 0 N–H and O–H groups in total. The Morgan fingerprint density at radius 2 is 1.89 bits per heavy atom. The molecule has 1 aliphatic rings. The van der Waals surface area contributed by atoms with Crippen LogP contribution in [0.15, 0.2) is 4.47 Å². The van der Waals surface area contributed by atoms with E-state index in [-0.39, 0.29) is 12.8 Å². The van der Waals surface area contributed by atoms with Gasteiger partial charge in [0, 0.05) is 13.6 Å². The zero-order valence-corrected chi connectivity index (χ0v) is 12.6. The minimum absolute atomic E-state index is 0.192. The van der Waals surface area contributed by atoms with Crippen LogP contribution in [0.3, 0.4) is 0 Å². The van der Waals surface area contributed by atoms with E-state index in [0.29, 0.717) is 19.6 Å². The number of hydrogen-bond acceptors (Lipinski definition) is 2. The first-order valence-electron chi connectivity index (χ1n) is 6.26. The van der Waals surface area contributed by atoms with Crippen molar-refractivity contribution in [2.45, 2.75) is 32.5 Å². The van der Waals surface area contributed by atoms with Gasteiger partial charge in [0.2, 0.25) is 0 Å². The van der Waals surface area contributed by atoms with Crippen molar-refractivity contribution in [3.63, 3.8) is 0 Å². The Hall–Kier alpha value is -0.560. The number of alkyl halides is 3. The fourth-order valence-electron chi connectivity index (χ4n) is 2.48. The predicted molar refractivity (Wildman–Crippen MR) is 69.7 cm³/mol. The molecule has 0 spiro atoms. The van der Waals surface area contributed by atoms with Crippen LogP contribution in [0.4, 0.5) is 13.2 Å². The number of aryl methyl sites for hydroxylation is 2. The SMILES string of the molecule is Cc1nn(C)c(CN2CCC(C(F)(F)F)CC2)c1Br. The van der Waals surface area contributed by atoms with E-state index in [1.54, 1.807) is 4.68 Å². The molecule has 19 heavy (non-hydrogen) atoms. The van der Waals surface area contributed by atoms with Crippen LogP contribution < -0.4 is 0 Å². The average Bonchev–Trinajstić information content (AvgIpc) is 2.56. The first-order valence-corrected chi connectivity index (χ1v) is 7.05. The normalized spacial score (nSPS) is 19.1. The summed E-state index contributed by atoms with van der Waals surface area (Å²) >= 11 is 3.48. The predicted octanol–water partition coefficient (Wildman–Crippen LogP) is 3.27. The summed E-state index contributed by atoms with van der Waals surface area (Å²) in [7, 11) is 1.86. The Morgan fingerprint density at radius 1 is 1.32 bits per heavy atom. The summed E-state index contributed by atoms with van der Waals surface area (Å²) in [6, 6.07) is 0. The second kappa shape index (κ2) is 5.44. The molecule has 1 aromatic rings. The van der Waals surface area contributed by atoms with Gasteiger partial charge in [0.25, 0.3) is 0 Å². The Morgan fingerprint density at radius 3 is 2.32 bits per heavy atom. The lowest BCUT2D eigenvalue weighted by molar-refractivity contribution is -0.185. The molecule has 0 bridgehead atoms. The highest BCUT2D eigenvalue weighted by Crippen LogP contribution is 2.34. The van der Waals surface area contributed by atoms with E-state index in [2.05, 4.69) is 25.9 Å². The number of piperidine rings is 1. The van der Waals surface area contributed by atoms with Crippen LogP contribution in [-0.4, -0.2) is 33.9 Å². The third-order valence-electron chi connectivity index (χ3n) is 3.69. The van der Waals surface area contributed by atoms with Gasteiger partial charge >= 0.3 is 6.18 Å². The zero-order chi connectivity index (χ0) is 14.2. The lowest BCUT2D eigenvalue weighted by Crippen LogP contribution is -2.38. The first-order chi connectivity index (χ1) is 8.79. The molecule has 2 heterocycles. The van der Waals surface area contributed by atoms with E-state index in [9.17, 15) is 13.2 Å². The van der Waals surface area contributed by atoms with Crippen molar-refractivity contribution in [2.24, 2.45) is 13.0 Å². The molecule has 0 radical (unpaired) electrons. The quantitative estimate of drug-likeness (QED) is 0.824. The van der Waals surface area contributed by atoms with Gasteiger partial charge in [-0.25, -0.2) is 0 Å². The van der Waals surface area contributed by atoms with Gasteiger partial charge < -0.3 is 0 Å². The van der Waals surface area contributed by atoms with Crippen LogP contribution in [0.2, 0.25) is 0 Å². The highest BCUT2D eigenvalue weighted by atomic mass is 79.9. The molecule has 7 heteroatoms. The smallest absolute Gasteiger partial charge is 0.297 e. The second-order valence-corrected chi connectivity index (χ2v) is 5.85. The third-order valence-corrected chi connectivity index (χ3v) is 4.72. The van der Waals surface area contributed by atoms with Crippen molar-refractivity contribution in [2.75, 3.05) is 13.1 Å². The number of nitrogens with zero attached hydrogens (tertiary/aromatic N) is 3. The molecule has 1 saturated heterocycles. The van der Waals surface area contributed by atoms with E-state index in [1.807, 2.05) is 14.0 Å². The second-order valence-electron chi connectivity index (χ2n) is 5.06. The topological polar surface area (TPSA) is 21.1 Å². The first kappa shape index (κ1) is 14.8. The lowest BCUT2D eigenvalue weighted by Gasteiger charge is -2.32. The Kier molecular flexibility index (Phi) is 4.25. The van der Waals surface area contributed by atoms with Gasteiger partial charge in [0.1, 0.15) is 0 Å². The van der Waals surface area contributed by atoms with Gasteiger partial charge in [0.05, 0.1) is 21.8 Å². The average molecular weight is 340 g/mol. The van der Waals surface area contributed by atoms with Crippen molar-refractivity contribution >= 4 is 15.9 Å². The van der Waals surface area contributed by atoms with Gasteiger partial charge in [-0.15, -0.1) is 0 Å². The van der Waals surface area contributed by atoms with Crippen molar-refractivity contribution < 1.29 is 13.2 Å². The molecule has 1 fully saturated rings. The molecular weight excluding hydrogens is 323 g/mol. The highest BCUT2D eigenvalue weighted by molar-refractivity contribution is 9.10.